The van der Waals surface area contributed by atoms with Gasteiger partial charge >= 0.3 is 0 Å². The van der Waals surface area contributed by atoms with Crippen molar-refractivity contribution in [2.75, 3.05) is 21.3 Å². The summed E-state index contributed by atoms with van der Waals surface area (Å²) in [5.74, 6) is 1.86. The first-order valence-corrected chi connectivity index (χ1v) is 9.27. The monoisotopic (exact) mass is 393 g/mol. The lowest BCUT2D eigenvalue weighted by Gasteiger charge is -2.07. The Balaban J connectivity index is 2.04. The molecule has 0 unspecified atom stereocenters. The first-order chi connectivity index (χ1) is 13.9. The number of hydrogen-bond donors (Lipinski definition) is 2. The van der Waals surface area contributed by atoms with E-state index in [0.29, 0.717) is 23.0 Å². The summed E-state index contributed by atoms with van der Waals surface area (Å²) in [4.78, 5) is 11.5. The third-order valence-corrected chi connectivity index (χ3v) is 4.81. The molecule has 2 N–H and O–H groups in total. The Hall–Kier alpha value is -3.41. The lowest BCUT2D eigenvalue weighted by molar-refractivity contribution is 0.302. The van der Waals surface area contributed by atoms with Gasteiger partial charge in [0.15, 0.2) is 11.5 Å². The average Bonchev–Trinajstić information content (AvgIpc) is 3.27. The van der Waals surface area contributed by atoms with Gasteiger partial charge in [0.25, 0.3) is 0 Å². The van der Waals surface area contributed by atoms with Crippen LogP contribution in [0.15, 0.2) is 47.3 Å². The van der Waals surface area contributed by atoms with Gasteiger partial charge in [-0.05, 0) is 50.6 Å². The van der Waals surface area contributed by atoms with E-state index in [2.05, 4.69) is 29.5 Å². The molecule has 0 aliphatic rings. The van der Waals surface area contributed by atoms with Crippen LogP contribution in [-0.2, 0) is 4.74 Å². The molecule has 0 aliphatic carbocycles. The van der Waals surface area contributed by atoms with E-state index in [1.807, 2.05) is 38.1 Å². The molecule has 3 rings (SSSR count). The maximum atomic E-state index is 5.39. The topological polar surface area (TPSA) is 71.6 Å². The molecule has 6 heteroatoms. The van der Waals surface area contributed by atoms with Gasteiger partial charge < -0.3 is 24.2 Å². The summed E-state index contributed by atoms with van der Waals surface area (Å²) in [6, 6.07) is 7.99. The number of nitrogens with zero attached hydrogens (tertiary/aromatic N) is 1. The molecular weight excluding hydrogens is 366 g/mol. The van der Waals surface area contributed by atoms with Crippen LogP contribution in [0.3, 0.4) is 0 Å². The van der Waals surface area contributed by atoms with Crippen LogP contribution in [0.5, 0.6) is 11.5 Å². The molecular formula is C23H27N3O3. The maximum Gasteiger partial charge on any atom is 0.162 e. The molecule has 29 heavy (non-hydrogen) atoms. The molecule has 6 nitrogen and oxygen atoms in total. The summed E-state index contributed by atoms with van der Waals surface area (Å²) < 4.78 is 16.1. The molecule has 0 radical (unpaired) electrons. The molecule has 2 aromatic heterocycles. The highest BCUT2D eigenvalue weighted by Gasteiger charge is 2.12. The first-order valence-electron chi connectivity index (χ1n) is 9.27. The fourth-order valence-electron chi connectivity index (χ4n) is 3.21. The van der Waals surface area contributed by atoms with Crippen LogP contribution in [-0.4, -0.2) is 37.0 Å². The zero-order chi connectivity index (χ0) is 21.1. The second-order valence-corrected chi connectivity index (χ2v) is 6.88. The van der Waals surface area contributed by atoms with Gasteiger partial charge in [0.1, 0.15) is 11.5 Å². The largest absolute Gasteiger partial charge is 0.495 e. The van der Waals surface area contributed by atoms with Crippen molar-refractivity contribution >= 4 is 22.7 Å². The van der Waals surface area contributed by atoms with Gasteiger partial charge in [-0.15, -0.1) is 0 Å². The number of fused-ring (bicyclic) bond motifs is 1. The number of benzene rings is 1. The van der Waals surface area contributed by atoms with Crippen LogP contribution in [0, 0.1) is 13.8 Å². The van der Waals surface area contributed by atoms with Crippen molar-refractivity contribution in [2.24, 2.45) is 4.99 Å². The van der Waals surface area contributed by atoms with Crippen molar-refractivity contribution in [3.63, 3.8) is 0 Å². The maximum absolute atomic E-state index is 5.39. The summed E-state index contributed by atoms with van der Waals surface area (Å²) in [7, 11) is 4.84. The van der Waals surface area contributed by atoms with Gasteiger partial charge in [0.05, 0.1) is 32.7 Å². The number of H-pyrrole nitrogens is 2. The number of hydrogen-bond acceptors (Lipinski definition) is 4. The highest BCUT2D eigenvalue weighted by atomic mass is 16.5. The molecule has 0 fully saturated rings. The van der Waals surface area contributed by atoms with Gasteiger partial charge in [-0.25, -0.2) is 4.99 Å². The summed E-state index contributed by atoms with van der Waals surface area (Å²) in [5.41, 5.74) is 6.52. The van der Waals surface area contributed by atoms with E-state index in [1.54, 1.807) is 21.3 Å². The minimum Gasteiger partial charge on any atom is -0.495 e. The SMILES string of the molecule is C=C(OC)/C(=C/c1[nH]c(C)cc1C)N=C(C)c1cc2cc(OC)c(OC)cc2[nH]1. The quantitative estimate of drug-likeness (QED) is 0.332. The van der Waals surface area contributed by atoms with Crippen molar-refractivity contribution in [2.45, 2.75) is 20.8 Å². The number of methoxy groups -OCH3 is 3. The van der Waals surface area contributed by atoms with Crippen molar-refractivity contribution in [1.29, 1.82) is 0 Å². The molecule has 152 valence electrons. The third kappa shape index (κ3) is 4.21. The second kappa shape index (κ2) is 8.31. The van der Waals surface area contributed by atoms with Crippen molar-refractivity contribution in [3.8, 4) is 11.5 Å². The van der Waals surface area contributed by atoms with Crippen molar-refractivity contribution in [1.82, 2.24) is 9.97 Å². The van der Waals surface area contributed by atoms with Gasteiger partial charge in [0.2, 0.25) is 0 Å². The summed E-state index contributed by atoms with van der Waals surface area (Å²) in [6.07, 6.45) is 1.95. The standard InChI is InChI=1S/C23H27N3O3/c1-13-8-14(2)24-18(13)11-20(16(4)27-5)25-15(3)19-9-17-10-22(28-6)23(29-7)12-21(17)26-19/h8-12,24,26H,4H2,1-3,5-7H3/b20-11-,25-15?. The summed E-state index contributed by atoms with van der Waals surface area (Å²) in [6.45, 7) is 10.0. The van der Waals surface area contributed by atoms with E-state index in [-0.39, 0.29) is 0 Å². The number of rotatable bonds is 7. The summed E-state index contributed by atoms with van der Waals surface area (Å²) in [5, 5.41) is 1.01. The van der Waals surface area contributed by atoms with Crippen LogP contribution in [0.4, 0.5) is 0 Å². The molecule has 0 amide bonds. The van der Waals surface area contributed by atoms with Crippen LogP contribution < -0.4 is 9.47 Å². The normalized spacial score (nSPS) is 12.3. The Morgan fingerprint density at radius 2 is 1.69 bits per heavy atom. The Kier molecular flexibility index (Phi) is 5.82. The number of aliphatic imine (C=N–C) groups is 1. The Bertz CT molecular complexity index is 1080. The molecule has 0 bridgehead atoms. The average molecular weight is 393 g/mol. The highest BCUT2D eigenvalue weighted by Crippen LogP contribution is 2.32. The molecule has 0 saturated heterocycles. The number of nitrogens with one attached hydrogen (secondary N) is 2. The molecule has 0 saturated carbocycles. The number of aromatic nitrogens is 2. The number of aromatic amines is 2. The van der Waals surface area contributed by atoms with E-state index in [1.165, 1.54) is 0 Å². The predicted molar refractivity (Wildman–Crippen MR) is 118 cm³/mol. The van der Waals surface area contributed by atoms with Crippen molar-refractivity contribution in [3.05, 3.63) is 64.9 Å². The predicted octanol–water partition coefficient (Wildman–Crippen LogP) is 5.14. The van der Waals surface area contributed by atoms with E-state index in [0.717, 1.165) is 39.3 Å². The van der Waals surface area contributed by atoms with Gasteiger partial charge in [-0.1, -0.05) is 6.58 Å². The number of ether oxygens (including phenoxy) is 3. The fourth-order valence-corrected chi connectivity index (χ4v) is 3.21. The third-order valence-electron chi connectivity index (χ3n) is 4.81. The molecule has 0 aliphatic heterocycles. The first kappa shape index (κ1) is 20.3. The molecule has 3 aromatic rings. The van der Waals surface area contributed by atoms with Crippen molar-refractivity contribution < 1.29 is 14.2 Å². The van der Waals surface area contributed by atoms with Crippen LogP contribution in [0.25, 0.3) is 17.0 Å². The zero-order valence-corrected chi connectivity index (χ0v) is 17.8. The minimum absolute atomic E-state index is 0.496. The van der Waals surface area contributed by atoms with Crippen LogP contribution in [0.2, 0.25) is 0 Å². The Morgan fingerprint density at radius 1 is 1.00 bits per heavy atom. The second-order valence-electron chi connectivity index (χ2n) is 6.88. The van der Waals surface area contributed by atoms with Crippen LogP contribution in [0.1, 0.15) is 29.6 Å². The van der Waals surface area contributed by atoms with E-state index >= 15 is 0 Å². The minimum atomic E-state index is 0.496. The smallest absolute Gasteiger partial charge is 0.162 e. The van der Waals surface area contributed by atoms with Gasteiger partial charge in [-0.3, -0.25) is 0 Å². The Morgan fingerprint density at radius 3 is 2.28 bits per heavy atom. The highest BCUT2D eigenvalue weighted by molar-refractivity contribution is 6.02. The molecule has 2 heterocycles. The van der Waals surface area contributed by atoms with E-state index < -0.39 is 0 Å². The molecule has 0 atom stereocenters. The van der Waals surface area contributed by atoms with E-state index in [4.69, 9.17) is 19.2 Å². The van der Waals surface area contributed by atoms with Crippen LogP contribution >= 0.6 is 0 Å². The number of aryl methyl sites for hydroxylation is 2. The summed E-state index contributed by atoms with van der Waals surface area (Å²) >= 11 is 0. The lowest BCUT2D eigenvalue weighted by Crippen LogP contribution is -1.98. The van der Waals surface area contributed by atoms with E-state index in [9.17, 15) is 0 Å². The fraction of sp³-hybridized carbons (Fsp3) is 0.261. The van der Waals surface area contributed by atoms with Gasteiger partial charge in [-0.2, -0.15) is 0 Å². The Labute approximate surface area is 170 Å². The molecule has 0 spiro atoms. The lowest BCUT2D eigenvalue weighted by atomic mass is 10.2. The zero-order valence-electron chi connectivity index (χ0n) is 17.8. The molecule has 1 aromatic carbocycles. The van der Waals surface area contributed by atoms with Gasteiger partial charge in [0, 0.05) is 28.4 Å².